The van der Waals surface area contributed by atoms with Crippen LogP contribution in [0.15, 0.2) is 36.4 Å². The fourth-order valence-corrected chi connectivity index (χ4v) is 2.80. The van der Waals surface area contributed by atoms with Crippen LogP contribution in [0.3, 0.4) is 0 Å². The molecule has 0 atom stereocenters. The monoisotopic (exact) mass is 364 g/mol. The largest absolute Gasteiger partial charge is 0.497 e. The summed E-state index contributed by atoms with van der Waals surface area (Å²) in [7, 11) is 3.14. The molecule has 0 amide bonds. The Morgan fingerprint density at radius 3 is 1.42 bits per heavy atom. The molecule has 0 fully saturated rings. The van der Waals surface area contributed by atoms with Gasteiger partial charge in [0.15, 0.2) is 0 Å². The number of methoxy groups -OCH3 is 2. The number of ether oxygens (including phenoxy) is 2. The second-order valence-corrected chi connectivity index (χ2v) is 6.05. The van der Waals surface area contributed by atoms with Crippen LogP contribution in [0.1, 0.15) is 22.3 Å². The summed E-state index contributed by atoms with van der Waals surface area (Å²) >= 11 is 9.18. The second kappa shape index (κ2) is 8.48. The Morgan fingerprint density at radius 1 is 0.750 bits per heavy atom. The molecule has 0 heterocycles. The number of benzene rings is 2. The molecule has 0 aliphatic rings. The number of aliphatic hydroxyl groups is 2. The molecule has 128 valence electrons. The lowest BCUT2D eigenvalue weighted by atomic mass is 10.1. The summed E-state index contributed by atoms with van der Waals surface area (Å²) in [6, 6.07) is 10.8. The molecule has 24 heavy (non-hydrogen) atoms. The summed E-state index contributed by atoms with van der Waals surface area (Å²) in [6.45, 7) is -0.192. The van der Waals surface area contributed by atoms with Crippen LogP contribution in [-0.4, -0.2) is 24.4 Å². The minimum absolute atomic E-state index is 0.0962. The highest BCUT2D eigenvalue weighted by molar-refractivity contribution is 7.96. The summed E-state index contributed by atoms with van der Waals surface area (Å²) in [5.41, 5.74) is 3.00. The van der Waals surface area contributed by atoms with E-state index in [-0.39, 0.29) is 13.2 Å². The first-order valence-corrected chi connectivity index (χ1v) is 8.12. The van der Waals surface area contributed by atoms with Crippen LogP contribution >= 0.6 is 25.3 Å². The van der Waals surface area contributed by atoms with E-state index in [1.807, 2.05) is 24.3 Å². The van der Waals surface area contributed by atoms with E-state index in [0.717, 1.165) is 22.3 Å². The Kier molecular flexibility index (Phi) is 6.62. The molecule has 2 aromatic rings. The molecule has 0 aromatic heterocycles. The first-order chi connectivity index (χ1) is 11.5. The number of aliphatic hydroxyl groups excluding tert-OH is 2. The van der Waals surface area contributed by atoms with E-state index < -0.39 is 0 Å². The van der Waals surface area contributed by atoms with Gasteiger partial charge in [-0.25, -0.2) is 0 Å². The normalized spacial score (nSPS) is 11.9. The van der Waals surface area contributed by atoms with Crippen LogP contribution in [0.2, 0.25) is 0 Å². The quantitative estimate of drug-likeness (QED) is 0.469. The van der Waals surface area contributed by atoms with Gasteiger partial charge < -0.3 is 19.7 Å². The lowest BCUT2D eigenvalue weighted by Crippen LogP contribution is -1.93. The molecule has 0 saturated heterocycles. The molecule has 4 nitrogen and oxygen atoms in total. The standard InChI is InChI=1S/C18H20O4S2/c1-21-15-5-11(9-19)3-13(7-15)17(23)18(24)14-4-12(10-20)6-16(8-14)22-2/h3-8,19-20,23-24H,9-10H2,1-2H3/b18-17-. The van der Waals surface area contributed by atoms with Crippen LogP contribution in [0.4, 0.5) is 0 Å². The second-order valence-electron chi connectivity index (χ2n) is 5.15. The van der Waals surface area contributed by atoms with Gasteiger partial charge in [0.1, 0.15) is 11.5 Å². The molecule has 0 saturated carbocycles. The van der Waals surface area contributed by atoms with Crippen LogP contribution in [0.5, 0.6) is 11.5 Å². The third-order valence-corrected chi connectivity index (χ3v) is 4.68. The zero-order valence-electron chi connectivity index (χ0n) is 13.5. The average Bonchev–Trinajstić information content (AvgIpc) is 2.65. The molecule has 2 N–H and O–H groups in total. The van der Waals surface area contributed by atoms with Gasteiger partial charge in [-0.1, -0.05) is 0 Å². The maximum Gasteiger partial charge on any atom is 0.119 e. The van der Waals surface area contributed by atoms with E-state index in [2.05, 4.69) is 25.3 Å². The lowest BCUT2D eigenvalue weighted by Gasteiger charge is -2.12. The fourth-order valence-electron chi connectivity index (χ4n) is 2.29. The molecule has 0 radical (unpaired) electrons. The molecule has 0 bridgehead atoms. The van der Waals surface area contributed by atoms with Crippen molar-refractivity contribution < 1.29 is 19.7 Å². The molecule has 0 aliphatic heterocycles. The Labute approximate surface area is 152 Å². The molecule has 6 heteroatoms. The molecule has 0 spiro atoms. The Balaban J connectivity index is 2.55. The van der Waals surface area contributed by atoms with Gasteiger partial charge in [0.25, 0.3) is 0 Å². The highest BCUT2D eigenvalue weighted by Gasteiger charge is 2.10. The van der Waals surface area contributed by atoms with Crippen LogP contribution in [-0.2, 0) is 13.2 Å². The molecule has 0 unspecified atom stereocenters. The van der Waals surface area contributed by atoms with Crippen molar-refractivity contribution in [3.8, 4) is 11.5 Å². The summed E-state index contributed by atoms with van der Waals surface area (Å²) in [5, 5.41) is 18.8. The summed E-state index contributed by atoms with van der Waals surface area (Å²) in [5.74, 6) is 1.26. The van der Waals surface area contributed by atoms with E-state index in [4.69, 9.17) is 9.47 Å². The minimum atomic E-state index is -0.0962. The van der Waals surface area contributed by atoms with Crippen molar-refractivity contribution in [3.63, 3.8) is 0 Å². The Bertz CT molecular complexity index is 649. The van der Waals surface area contributed by atoms with E-state index >= 15 is 0 Å². The van der Waals surface area contributed by atoms with Gasteiger partial charge in [0, 0.05) is 9.81 Å². The third kappa shape index (κ3) is 4.27. The fraction of sp³-hybridized carbons (Fsp3) is 0.222. The molecule has 2 rings (SSSR count). The van der Waals surface area contributed by atoms with Gasteiger partial charge >= 0.3 is 0 Å². The molecular formula is C18H20O4S2. The molecular weight excluding hydrogens is 344 g/mol. The summed E-state index contributed by atoms with van der Waals surface area (Å²) in [6.07, 6.45) is 0. The van der Waals surface area contributed by atoms with E-state index in [1.165, 1.54) is 0 Å². The van der Waals surface area contributed by atoms with E-state index in [1.54, 1.807) is 26.4 Å². The number of rotatable bonds is 6. The number of hydrogen-bond donors (Lipinski definition) is 4. The van der Waals surface area contributed by atoms with Crippen molar-refractivity contribution in [2.24, 2.45) is 0 Å². The zero-order valence-corrected chi connectivity index (χ0v) is 15.3. The number of thiol groups is 2. The predicted molar refractivity (Wildman–Crippen MR) is 103 cm³/mol. The van der Waals surface area contributed by atoms with Crippen LogP contribution in [0.25, 0.3) is 9.81 Å². The van der Waals surface area contributed by atoms with Gasteiger partial charge in [-0.15, -0.1) is 25.3 Å². The zero-order chi connectivity index (χ0) is 17.7. The first kappa shape index (κ1) is 18.7. The smallest absolute Gasteiger partial charge is 0.119 e. The van der Waals surface area contributed by atoms with Gasteiger partial charge in [-0.2, -0.15) is 0 Å². The number of hydrogen-bond acceptors (Lipinski definition) is 6. The Hall–Kier alpha value is -1.60. The lowest BCUT2D eigenvalue weighted by molar-refractivity contribution is 0.280. The van der Waals surface area contributed by atoms with Gasteiger partial charge in [0.05, 0.1) is 27.4 Å². The summed E-state index contributed by atoms with van der Waals surface area (Å²) in [4.78, 5) is 1.26. The van der Waals surface area contributed by atoms with Crippen LogP contribution < -0.4 is 9.47 Å². The third-order valence-electron chi connectivity index (χ3n) is 3.54. The van der Waals surface area contributed by atoms with Gasteiger partial charge in [-0.05, 0) is 58.7 Å². The predicted octanol–water partition coefficient (Wildman–Crippen LogP) is 3.37. The minimum Gasteiger partial charge on any atom is -0.497 e. The van der Waals surface area contributed by atoms with Crippen molar-refractivity contribution in [1.82, 2.24) is 0 Å². The van der Waals surface area contributed by atoms with Crippen molar-refractivity contribution in [2.75, 3.05) is 14.2 Å². The average molecular weight is 364 g/mol. The maximum absolute atomic E-state index is 9.40. The first-order valence-electron chi connectivity index (χ1n) is 7.23. The summed E-state index contributed by atoms with van der Waals surface area (Å²) < 4.78 is 10.5. The van der Waals surface area contributed by atoms with Crippen molar-refractivity contribution in [1.29, 1.82) is 0 Å². The topological polar surface area (TPSA) is 58.9 Å². The van der Waals surface area contributed by atoms with E-state index in [9.17, 15) is 10.2 Å². The van der Waals surface area contributed by atoms with Crippen molar-refractivity contribution >= 4 is 35.1 Å². The van der Waals surface area contributed by atoms with Gasteiger partial charge in [0.2, 0.25) is 0 Å². The SMILES string of the molecule is COc1cc(CO)cc(/C(S)=C(/S)c2cc(CO)cc(OC)c2)c1. The van der Waals surface area contributed by atoms with Gasteiger partial charge in [-0.3, -0.25) is 0 Å². The molecule has 0 aliphatic carbocycles. The van der Waals surface area contributed by atoms with Crippen molar-refractivity contribution in [3.05, 3.63) is 58.7 Å². The van der Waals surface area contributed by atoms with Crippen molar-refractivity contribution in [2.45, 2.75) is 13.2 Å². The highest BCUT2D eigenvalue weighted by Crippen LogP contribution is 2.35. The Morgan fingerprint density at radius 2 is 1.12 bits per heavy atom. The maximum atomic E-state index is 9.40. The molecule has 2 aromatic carbocycles. The van der Waals surface area contributed by atoms with E-state index in [0.29, 0.717) is 21.3 Å². The van der Waals surface area contributed by atoms with Crippen LogP contribution in [0, 0.1) is 0 Å². The highest BCUT2D eigenvalue weighted by atomic mass is 32.1.